The summed E-state index contributed by atoms with van der Waals surface area (Å²) in [5.41, 5.74) is 1.15. The first kappa shape index (κ1) is 13.8. The number of halogens is 1. The molecule has 1 aromatic carbocycles. The topological polar surface area (TPSA) is 30.3 Å². The van der Waals surface area contributed by atoms with Gasteiger partial charge in [-0.2, -0.15) is 5.26 Å². The lowest BCUT2D eigenvalue weighted by atomic mass is 10.1. The third-order valence-electron chi connectivity index (χ3n) is 3.84. The summed E-state index contributed by atoms with van der Waals surface area (Å²) in [7, 11) is 1.96. The van der Waals surface area contributed by atoms with Gasteiger partial charge in [-0.1, -0.05) is 6.92 Å². The van der Waals surface area contributed by atoms with Gasteiger partial charge >= 0.3 is 0 Å². The van der Waals surface area contributed by atoms with Crippen LogP contribution < -0.4 is 4.90 Å². The fraction of sp³-hybridized carbons (Fsp3) is 0.533. The van der Waals surface area contributed by atoms with Gasteiger partial charge in [0.05, 0.1) is 11.6 Å². The van der Waals surface area contributed by atoms with Gasteiger partial charge in [0.25, 0.3) is 0 Å². The summed E-state index contributed by atoms with van der Waals surface area (Å²) < 4.78 is 13.4. The molecule has 19 heavy (non-hydrogen) atoms. The Hall–Kier alpha value is -1.60. The van der Waals surface area contributed by atoms with Crippen LogP contribution in [0.2, 0.25) is 0 Å². The number of hydrogen-bond donors (Lipinski definition) is 0. The van der Waals surface area contributed by atoms with Crippen LogP contribution in [0.15, 0.2) is 18.2 Å². The highest BCUT2D eigenvalue weighted by Gasteiger charge is 2.24. The second-order valence-electron chi connectivity index (χ2n) is 5.12. The Morgan fingerprint density at radius 1 is 1.47 bits per heavy atom. The number of benzene rings is 1. The lowest BCUT2D eigenvalue weighted by Gasteiger charge is -2.29. The lowest BCUT2D eigenvalue weighted by molar-refractivity contribution is 0.270. The summed E-state index contributed by atoms with van der Waals surface area (Å²) >= 11 is 0. The van der Waals surface area contributed by atoms with E-state index in [-0.39, 0.29) is 5.82 Å². The molecule has 1 aliphatic rings. The van der Waals surface area contributed by atoms with Crippen LogP contribution in [0.4, 0.5) is 10.1 Å². The van der Waals surface area contributed by atoms with Gasteiger partial charge in [-0.25, -0.2) is 4.39 Å². The van der Waals surface area contributed by atoms with Crippen LogP contribution in [0, 0.1) is 17.1 Å². The number of likely N-dealkylation sites (tertiary alicyclic amines) is 1. The molecular weight excluding hydrogens is 241 g/mol. The number of hydrogen-bond acceptors (Lipinski definition) is 3. The van der Waals surface area contributed by atoms with E-state index >= 15 is 0 Å². The van der Waals surface area contributed by atoms with Crippen LogP contribution in [0.5, 0.6) is 0 Å². The molecule has 2 rings (SSSR count). The molecule has 0 N–H and O–H groups in total. The second kappa shape index (κ2) is 6.03. The molecule has 1 fully saturated rings. The van der Waals surface area contributed by atoms with Crippen molar-refractivity contribution in [1.29, 1.82) is 5.26 Å². The van der Waals surface area contributed by atoms with Crippen LogP contribution in [0.3, 0.4) is 0 Å². The predicted molar refractivity (Wildman–Crippen MR) is 74.7 cm³/mol. The van der Waals surface area contributed by atoms with Gasteiger partial charge in [-0.05, 0) is 44.1 Å². The first-order chi connectivity index (χ1) is 9.13. The van der Waals surface area contributed by atoms with Crippen LogP contribution >= 0.6 is 0 Å². The van der Waals surface area contributed by atoms with Gasteiger partial charge in [0.1, 0.15) is 5.82 Å². The van der Waals surface area contributed by atoms with E-state index in [0.717, 1.165) is 25.3 Å². The highest BCUT2D eigenvalue weighted by Crippen LogP contribution is 2.22. The normalized spacial score (nSPS) is 19.4. The molecule has 1 heterocycles. The largest absolute Gasteiger partial charge is 0.373 e. The Kier molecular flexibility index (Phi) is 4.39. The standard InChI is InChI=1S/C15H20FN3/c1-3-19-6-4-5-14(19)11-18(2)15-8-12(10-17)7-13(16)9-15/h7-9,14H,3-6,11H2,1-2H3. The molecule has 1 atom stereocenters. The number of nitrogens with zero attached hydrogens (tertiary/aromatic N) is 3. The molecule has 102 valence electrons. The van der Waals surface area contributed by atoms with E-state index in [1.807, 2.05) is 18.0 Å². The maximum absolute atomic E-state index is 13.4. The summed E-state index contributed by atoms with van der Waals surface area (Å²) in [5.74, 6) is -0.348. The van der Waals surface area contributed by atoms with Gasteiger partial charge in [0, 0.05) is 25.3 Å². The molecular formula is C15H20FN3. The first-order valence-corrected chi connectivity index (χ1v) is 6.80. The minimum atomic E-state index is -0.348. The smallest absolute Gasteiger partial charge is 0.126 e. The van der Waals surface area contributed by atoms with E-state index in [1.54, 1.807) is 6.07 Å². The van der Waals surface area contributed by atoms with E-state index in [2.05, 4.69) is 11.8 Å². The average molecular weight is 261 g/mol. The molecule has 0 radical (unpaired) electrons. The number of nitriles is 1. The number of likely N-dealkylation sites (N-methyl/N-ethyl adjacent to an activating group) is 2. The van der Waals surface area contributed by atoms with Crippen LogP contribution in [0.25, 0.3) is 0 Å². The number of anilines is 1. The van der Waals surface area contributed by atoms with Crippen LogP contribution in [-0.2, 0) is 0 Å². The van der Waals surface area contributed by atoms with Crippen molar-refractivity contribution < 1.29 is 4.39 Å². The van der Waals surface area contributed by atoms with Gasteiger partial charge in [0.2, 0.25) is 0 Å². The predicted octanol–water partition coefficient (Wildman–Crippen LogP) is 2.62. The molecule has 0 aliphatic carbocycles. The highest BCUT2D eigenvalue weighted by molar-refractivity contribution is 5.51. The van der Waals surface area contributed by atoms with Crippen LogP contribution in [-0.4, -0.2) is 37.6 Å². The van der Waals surface area contributed by atoms with Crippen molar-refractivity contribution in [2.24, 2.45) is 0 Å². The first-order valence-electron chi connectivity index (χ1n) is 6.80. The molecule has 0 aromatic heterocycles. The summed E-state index contributed by atoms with van der Waals surface area (Å²) in [5, 5.41) is 8.89. The van der Waals surface area contributed by atoms with E-state index in [4.69, 9.17) is 5.26 Å². The molecule has 1 aliphatic heterocycles. The van der Waals surface area contributed by atoms with E-state index < -0.39 is 0 Å². The summed E-state index contributed by atoms with van der Waals surface area (Å²) in [6, 6.07) is 7.04. The zero-order valence-electron chi connectivity index (χ0n) is 11.6. The van der Waals surface area contributed by atoms with Crippen molar-refractivity contribution in [1.82, 2.24) is 4.90 Å². The molecule has 1 saturated heterocycles. The van der Waals surface area contributed by atoms with Crippen molar-refractivity contribution in [2.45, 2.75) is 25.8 Å². The Morgan fingerprint density at radius 3 is 2.95 bits per heavy atom. The number of rotatable bonds is 4. The summed E-state index contributed by atoms with van der Waals surface area (Å²) in [4.78, 5) is 4.50. The monoisotopic (exact) mass is 261 g/mol. The fourth-order valence-corrected chi connectivity index (χ4v) is 2.80. The lowest BCUT2D eigenvalue weighted by Crippen LogP contribution is -2.38. The van der Waals surface area contributed by atoms with Gasteiger partial charge in [-0.15, -0.1) is 0 Å². The van der Waals surface area contributed by atoms with Crippen molar-refractivity contribution >= 4 is 5.69 Å². The van der Waals surface area contributed by atoms with E-state index in [0.29, 0.717) is 11.6 Å². The minimum absolute atomic E-state index is 0.348. The quantitative estimate of drug-likeness (QED) is 0.834. The van der Waals surface area contributed by atoms with Crippen molar-refractivity contribution in [3.05, 3.63) is 29.6 Å². The third kappa shape index (κ3) is 3.24. The maximum atomic E-state index is 13.4. The Labute approximate surface area is 114 Å². The average Bonchev–Trinajstić information content (AvgIpc) is 2.85. The molecule has 3 nitrogen and oxygen atoms in total. The molecule has 0 spiro atoms. The van der Waals surface area contributed by atoms with Crippen molar-refractivity contribution in [3.8, 4) is 6.07 Å². The second-order valence-corrected chi connectivity index (χ2v) is 5.12. The third-order valence-corrected chi connectivity index (χ3v) is 3.84. The summed E-state index contributed by atoms with van der Waals surface area (Å²) in [6.07, 6.45) is 2.43. The SMILES string of the molecule is CCN1CCCC1CN(C)c1cc(F)cc(C#N)c1. The highest BCUT2D eigenvalue weighted by atomic mass is 19.1. The Morgan fingerprint density at radius 2 is 2.26 bits per heavy atom. The molecule has 0 bridgehead atoms. The maximum Gasteiger partial charge on any atom is 0.126 e. The van der Waals surface area contributed by atoms with Crippen LogP contribution in [0.1, 0.15) is 25.3 Å². The van der Waals surface area contributed by atoms with Crippen molar-refractivity contribution in [2.75, 3.05) is 31.6 Å². The van der Waals surface area contributed by atoms with Crippen molar-refractivity contribution in [3.63, 3.8) is 0 Å². The van der Waals surface area contributed by atoms with E-state index in [1.165, 1.54) is 25.0 Å². The van der Waals surface area contributed by atoms with Gasteiger partial charge in [-0.3, -0.25) is 4.90 Å². The van der Waals surface area contributed by atoms with Gasteiger partial charge < -0.3 is 4.90 Å². The Balaban J connectivity index is 2.09. The van der Waals surface area contributed by atoms with E-state index in [9.17, 15) is 4.39 Å². The molecule has 1 aromatic rings. The zero-order chi connectivity index (χ0) is 13.8. The molecule has 1 unspecified atom stereocenters. The summed E-state index contributed by atoms with van der Waals surface area (Å²) in [6.45, 7) is 5.27. The van der Waals surface area contributed by atoms with Gasteiger partial charge in [0.15, 0.2) is 0 Å². The Bertz CT molecular complexity index is 481. The minimum Gasteiger partial charge on any atom is -0.373 e. The molecule has 0 saturated carbocycles. The zero-order valence-corrected chi connectivity index (χ0v) is 11.6. The molecule has 4 heteroatoms. The fourth-order valence-electron chi connectivity index (χ4n) is 2.80. The molecule has 0 amide bonds.